The van der Waals surface area contributed by atoms with E-state index in [4.69, 9.17) is 4.74 Å². The summed E-state index contributed by atoms with van der Waals surface area (Å²) in [6, 6.07) is 5.04. The van der Waals surface area contributed by atoms with Crippen LogP contribution in [0.2, 0.25) is 0 Å². The van der Waals surface area contributed by atoms with Gasteiger partial charge in [-0.05, 0) is 34.1 Å². The van der Waals surface area contributed by atoms with Gasteiger partial charge in [-0.15, -0.1) is 0 Å². The topological polar surface area (TPSA) is 45.7 Å². The van der Waals surface area contributed by atoms with Crippen molar-refractivity contribution in [3.8, 4) is 5.75 Å². The van der Waals surface area contributed by atoms with Crippen LogP contribution in [0.4, 0.5) is 14.5 Å². The summed E-state index contributed by atoms with van der Waals surface area (Å²) >= 11 is 3.52. The van der Waals surface area contributed by atoms with E-state index in [1.165, 1.54) is 17.0 Å². The van der Waals surface area contributed by atoms with Crippen LogP contribution in [-0.4, -0.2) is 49.1 Å². The van der Waals surface area contributed by atoms with Crippen LogP contribution >= 0.6 is 15.9 Å². The van der Waals surface area contributed by atoms with Gasteiger partial charge in [0.1, 0.15) is 17.6 Å². The average molecular weight is 440 g/mol. The van der Waals surface area contributed by atoms with Crippen molar-refractivity contribution < 1.29 is 18.3 Å². The number of halogens is 3. The van der Waals surface area contributed by atoms with Crippen molar-refractivity contribution in [2.24, 2.45) is 0 Å². The average Bonchev–Trinajstić information content (AvgIpc) is 2.64. The standard InChI is InChI=1S/C19H20BrF2N3O2/c1-24(2)19(26)16-10-14(20)17(11-23-16)25-7-5-13(6-8-25)27-18-4-3-12(21)9-15(18)22/h3-4,9-11,13H,5-8H2,1-2H3. The second-order valence-corrected chi connectivity index (χ2v) is 7.45. The van der Waals surface area contributed by atoms with Gasteiger partial charge in [-0.1, -0.05) is 0 Å². The van der Waals surface area contributed by atoms with Crippen molar-refractivity contribution in [2.75, 3.05) is 32.1 Å². The molecule has 1 amide bonds. The summed E-state index contributed by atoms with van der Waals surface area (Å²) in [4.78, 5) is 19.9. The first-order valence-corrected chi connectivity index (χ1v) is 9.38. The maximum absolute atomic E-state index is 13.7. The van der Waals surface area contributed by atoms with Crippen LogP contribution in [0.3, 0.4) is 0 Å². The summed E-state index contributed by atoms with van der Waals surface area (Å²) in [5, 5.41) is 0. The van der Waals surface area contributed by atoms with E-state index in [1.807, 2.05) is 0 Å². The summed E-state index contributed by atoms with van der Waals surface area (Å²) in [5.41, 5.74) is 1.28. The molecule has 0 bridgehead atoms. The van der Waals surface area contributed by atoms with Crippen LogP contribution in [0.1, 0.15) is 23.3 Å². The van der Waals surface area contributed by atoms with Gasteiger partial charge in [0.05, 0.1) is 11.9 Å². The van der Waals surface area contributed by atoms with E-state index in [2.05, 4.69) is 25.8 Å². The third-order valence-corrected chi connectivity index (χ3v) is 5.06. The summed E-state index contributed by atoms with van der Waals surface area (Å²) < 4.78 is 33.2. The number of aromatic nitrogens is 1. The SMILES string of the molecule is CN(C)C(=O)c1cc(Br)c(N2CCC(Oc3ccc(F)cc3F)CC2)cn1. The summed E-state index contributed by atoms with van der Waals surface area (Å²) in [7, 11) is 3.36. The largest absolute Gasteiger partial charge is 0.487 e. The van der Waals surface area contributed by atoms with Crippen molar-refractivity contribution in [3.63, 3.8) is 0 Å². The van der Waals surface area contributed by atoms with Crippen LogP contribution in [-0.2, 0) is 0 Å². The predicted octanol–water partition coefficient (Wildman–Crippen LogP) is 3.87. The number of nitrogens with zero attached hydrogens (tertiary/aromatic N) is 3. The van der Waals surface area contributed by atoms with Crippen LogP contribution in [0.15, 0.2) is 34.9 Å². The highest BCUT2D eigenvalue weighted by Crippen LogP contribution is 2.30. The zero-order valence-electron chi connectivity index (χ0n) is 15.1. The molecule has 1 aliphatic rings. The van der Waals surface area contributed by atoms with E-state index in [1.54, 1.807) is 26.4 Å². The van der Waals surface area contributed by atoms with Gasteiger partial charge in [-0.2, -0.15) is 0 Å². The number of carbonyl (C=O) groups is 1. The number of pyridine rings is 1. The van der Waals surface area contributed by atoms with Crippen molar-refractivity contribution in [1.29, 1.82) is 0 Å². The number of hydrogen-bond donors (Lipinski definition) is 0. The number of carbonyl (C=O) groups excluding carboxylic acids is 1. The molecule has 1 fully saturated rings. The summed E-state index contributed by atoms with van der Waals surface area (Å²) in [5.74, 6) is -1.39. The van der Waals surface area contributed by atoms with Gasteiger partial charge in [-0.3, -0.25) is 4.79 Å². The Hall–Kier alpha value is -2.22. The minimum Gasteiger partial charge on any atom is -0.487 e. The van der Waals surface area contributed by atoms with Crippen molar-refractivity contribution >= 4 is 27.5 Å². The highest BCUT2D eigenvalue weighted by molar-refractivity contribution is 9.10. The Bertz CT molecular complexity index is 840. The molecule has 2 aromatic rings. The highest BCUT2D eigenvalue weighted by atomic mass is 79.9. The molecule has 27 heavy (non-hydrogen) atoms. The third kappa shape index (κ3) is 4.55. The fraction of sp³-hybridized carbons (Fsp3) is 0.368. The van der Waals surface area contributed by atoms with Crippen molar-refractivity contribution in [1.82, 2.24) is 9.88 Å². The third-order valence-electron chi connectivity index (χ3n) is 4.43. The molecular formula is C19H20BrF2N3O2. The summed E-state index contributed by atoms with van der Waals surface area (Å²) in [6.07, 6.45) is 2.94. The van der Waals surface area contributed by atoms with Crippen molar-refractivity contribution in [2.45, 2.75) is 18.9 Å². The molecule has 0 aliphatic carbocycles. The molecular weight excluding hydrogens is 420 g/mol. The van der Waals surface area contributed by atoms with E-state index in [0.29, 0.717) is 31.6 Å². The Kier molecular flexibility index (Phi) is 5.94. The molecule has 0 saturated carbocycles. The molecule has 1 saturated heterocycles. The molecule has 144 valence electrons. The van der Waals surface area contributed by atoms with E-state index in [0.717, 1.165) is 16.2 Å². The predicted molar refractivity (Wildman–Crippen MR) is 102 cm³/mol. The molecule has 0 spiro atoms. The maximum Gasteiger partial charge on any atom is 0.271 e. The molecule has 1 aromatic carbocycles. The molecule has 2 heterocycles. The number of piperidine rings is 1. The quantitative estimate of drug-likeness (QED) is 0.725. The second kappa shape index (κ2) is 8.21. The molecule has 8 heteroatoms. The fourth-order valence-corrected chi connectivity index (χ4v) is 3.54. The number of rotatable bonds is 4. The lowest BCUT2D eigenvalue weighted by Gasteiger charge is -2.34. The molecule has 3 rings (SSSR count). The monoisotopic (exact) mass is 439 g/mol. The van der Waals surface area contributed by atoms with Crippen LogP contribution in [0.25, 0.3) is 0 Å². The number of hydrogen-bond acceptors (Lipinski definition) is 4. The second-order valence-electron chi connectivity index (χ2n) is 6.60. The van der Waals surface area contributed by atoms with Gasteiger partial charge in [0.2, 0.25) is 0 Å². The Morgan fingerprint density at radius 3 is 2.56 bits per heavy atom. The Balaban J connectivity index is 1.63. The molecule has 0 unspecified atom stereocenters. The van der Waals surface area contributed by atoms with E-state index < -0.39 is 11.6 Å². The smallest absolute Gasteiger partial charge is 0.271 e. The first-order chi connectivity index (χ1) is 12.8. The lowest BCUT2D eigenvalue weighted by molar-refractivity contribution is 0.0822. The lowest BCUT2D eigenvalue weighted by Crippen LogP contribution is -2.38. The summed E-state index contributed by atoms with van der Waals surface area (Å²) in [6.45, 7) is 1.41. The van der Waals surface area contributed by atoms with Crippen LogP contribution < -0.4 is 9.64 Å². The molecule has 0 N–H and O–H groups in total. The number of anilines is 1. The fourth-order valence-electron chi connectivity index (χ4n) is 2.97. The van der Waals surface area contributed by atoms with Gasteiger partial charge >= 0.3 is 0 Å². The zero-order chi connectivity index (χ0) is 19.6. The lowest BCUT2D eigenvalue weighted by atomic mass is 10.1. The van der Waals surface area contributed by atoms with Gasteiger partial charge in [0, 0.05) is 50.6 Å². The molecule has 5 nitrogen and oxygen atoms in total. The van der Waals surface area contributed by atoms with E-state index in [9.17, 15) is 13.6 Å². The van der Waals surface area contributed by atoms with Gasteiger partial charge in [0.15, 0.2) is 11.6 Å². The minimum absolute atomic E-state index is 0.0734. The van der Waals surface area contributed by atoms with Gasteiger partial charge in [-0.25, -0.2) is 13.8 Å². The van der Waals surface area contributed by atoms with Crippen molar-refractivity contribution in [3.05, 3.63) is 52.3 Å². The number of benzene rings is 1. The van der Waals surface area contributed by atoms with Crippen LogP contribution in [0.5, 0.6) is 5.75 Å². The molecule has 0 atom stereocenters. The van der Waals surface area contributed by atoms with E-state index in [-0.39, 0.29) is 17.8 Å². The first kappa shape index (κ1) is 19.5. The van der Waals surface area contributed by atoms with Crippen LogP contribution in [0, 0.1) is 11.6 Å². The molecule has 1 aromatic heterocycles. The zero-order valence-corrected chi connectivity index (χ0v) is 16.7. The van der Waals surface area contributed by atoms with Gasteiger partial charge in [0.25, 0.3) is 5.91 Å². The van der Waals surface area contributed by atoms with E-state index >= 15 is 0 Å². The van der Waals surface area contributed by atoms with Gasteiger partial charge < -0.3 is 14.5 Å². The Labute approximate surface area is 165 Å². The molecule has 1 aliphatic heterocycles. The Morgan fingerprint density at radius 1 is 1.26 bits per heavy atom. The maximum atomic E-state index is 13.7. The normalized spacial score (nSPS) is 14.9. The Morgan fingerprint density at radius 2 is 1.96 bits per heavy atom. The molecule has 0 radical (unpaired) electrons. The first-order valence-electron chi connectivity index (χ1n) is 8.59. The minimum atomic E-state index is -0.689. The number of amides is 1. The number of ether oxygens (including phenoxy) is 1. The highest BCUT2D eigenvalue weighted by Gasteiger charge is 2.24.